The summed E-state index contributed by atoms with van der Waals surface area (Å²) in [7, 11) is 4.52. The number of hydrogen-bond donors (Lipinski definition) is 1. The van der Waals surface area contributed by atoms with E-state index in [1.807, 2.05) is 0 Å². The molecule has 0 unspecified atom stereocenters. The highest BCUT2D eigenvalue weighted by Crippen LogP contribution is 2.49. The number of benzene rings is 3. The number of carboxylic acids is 1. The van der Waals surface area contributed by atoms with Gasteiger partial charge in [-0.3, -0.25) is 9.59 Å². The van der Waals surface area contributed by atoms with Crippen LogP contribution in [0.1, 0.15) is 49.7 Å². The summed E-state index contributed by atoms with van der Waals surface area (Å²) in [5.41, 5.74) is 2.25. The van der Waals surface area contributed by atoms with Crippen molar-refractivity contribution in [1.82, 2.24) is 0 Å². The van der Waals surface area contributed by atoms with E-state index in [9.17, 15) is 19.5 Å². The number of Topliss-reactive ketones (excluding diaryl/α,β-unsaturated/α-hetero) is 1. The second kappa shape index (κ2) is 9.34. The number of aromatic carboxylic acids is 1. The van der Waals surface area contributed by atoms with Crippen LogP contribution in [0.5, 0.6) is 28.7 Å². The van der Waals surface area contributed by atoms with Crippen LogP contribution in [0.4, 0.5) is 0 Å². The highest BCUT2D eigenvalue weighted by Gasteiger charge is 2.38. The molecule has 0 saturated heterocycles. The number of rotatable bonds is 6. The second-order valence-electron chi connectivity index (χ2n) is 8.40. The van der Waals surface area contributed by atoms with Crippen LogP contribution in [0.25, 0.3) is 6.08 Å². The van der Waals surface area contributed by atoms with Gasteiger partial charge in [-0.1, -0.05) is 12.1 Å². The zero-order valence-corrected chi connectivity index (χ0v) is 20.2. The fourth-order valence-corrected chi connectivity index (χ4v) is 4.56. The fourth-order valence-electron chi connectivity index (χ4n) is 4.56. The van der Waals surface area contributed by atoms with E-state index in [0.29, 0.717) is 51.0 Å². The van der Waals surface area contributed by atoms with Gasteiger partial charge in [0.1, 0.15) is 17.2 Å². The summed E-state index contributed by atoms with van der Waals surface area (Å²) in [6.07, 6.45) is 1.57. The number of allylic oxidation sites excluding steroid dienone is 1. The molecule has 9 nitrogen and oxygen atoms in total. The molecular weight excluding hydrogens is 480 g/mol. The van der Waals surface area contributed by atoms with Gasteiger partial charge in [0.2, 0.25) is 5.78 Å². The Morgan fingerprint density at radius 3 is 2.24 bits per heavy atom. The molecule has 0 saturated carbocycles. The third-order valence-corrected chi connectivity index (χ3v) is 6.36. The van der Waals surface area contributed by atoms with Gasteiger partial charge in [-0.15, -0.1) is 0 Å². The Morgan fingerprint density at radius 1 is 0.919 bits per heavy atom. The number of carbonyl (C=O) groups excluding carboxylic acids is 2. The van der Waals surface area contributed by atoms with E-state index in [-0.39, 0.29) is 23.5 Å². The molecule has 5 rings (SSSR count). The first kappa shape index (κ1) is 23.9. The molecule has 188 valence electrons. The maximum Gasteiger partial charge on any atom is 0.335 e. The number of fused-ring (bicyclic) bond motifs is 3. The fraction of sp³-hybridized carbons (Fsp3) is 0.179. The highest BCUT2D eigenvalue weighted by atomic mass is 16.5. The monoisotopic (exact) mass is 502 g/mol. The van der Waals surface area contributed by atoms with E-state index in [1.165, 1.54) is 33.5 Å². The Balaban J connectivity index is 1.59. The molecule has 3 aromatic carbocycles. The minimum Gasteiger partial charge on any atom is -0.496 e. The van der Waals surface area contributed by atoms with Gasteiger partial charge in [0.05, 0.1) is 38.9 Å². The van der Waals surface area contributed by atoms with E-state index in [0.717, 1.165) is 0 Å². The minimum atomic E-state index is -1.05. The van der Waals surface area contributed by atoms with Crippen LogP contribution >= 0.6 is 0 Å². The normalized spacial score (nSPS) is 16.9. The van der Waals surface area contributed by atoms with Crippen LogP contribution in [0.2, 0.25) is 0 Å². The predicted octanol–water partition coefficient (Wildman–Crippen LogP) is 4.47. The summed E-state index contributed by atoms with van der Waals surface area (Å²) in [5, 5.41) is 9.23. The second-order valence-corrected chi connectivity index (χ2v) is 8.40. The van der Waals surface area contributed by atoms with E-state index in [2.05, 4.69) is 0 Å². The van der Waals surface area contributed by atoms with Gasteiger partial charge >= 0.3 is 11.9 Å². The molecule has 0 radical (unpaired) electrons. The van der Waals surface area contributed by atoms with Crippen molar-refractivity contribution in [2.45, 2.75) is 12.3 Å². The number of ether oxygens (including phenoxy) is 5. The zero-order chi connectivity index (χ0) is 26.3. The summed E-state index contributed by atoms with van der Waals surface area (Å²) in [6, 6.07) is 12.7. The molecule has 37 heavy (non-hydrogen) atoms. The Labute approximate surface area is 211 Å². The summed E-state index contributed by atoms with van der Waals surface area (Å²) < 4.78 is 27.7. The number of esters is 1. The van der Waals surface area contributed by atoms with Gasteiger partial charge in [-0.25, -0.2) is 4.79 Å². The Hall–Kier alpha value is -4.79. The summed E-state index contributed by atoms with van der Waals surface area (Å²) in [5.74, 6) is -0.296. The number of ketones is 1. The molecular formula is C28H22O9. The van der Waals surface area contributed by atoms with Crippen molar-refractivity contribution in [2.24, 2.45) is 0 Å². The lowest BCUT2D eigenvalue weighted by atomic mass is 9.84. The van der Waals surface area contributed by atoms with E-state index < -0.39 is 17.9 Å². The van der Waals surface area contributed by atoms with Crippen LogP contribution in [0.15, 0.2) is 54.3 Å². The lowest BCUT2D eigenvalue weighted by Crippen LogP contribution is -2.21. The molecule has 0 spiro atoms. The van der Waals surface area contributed by atoms with E-state index in [1.54, 1.807) is 42.5 Å². The van der Waals surface area contributed by atoms with Crippen LogP contribution in [-0.4, -0.2) is 44.2 Å². The van der Waals surface area contributed by atoms with Crippen molar-refractivity contribution in [1.29, 1.82) is 0 Å². The van der Waals surface area contributed by atoms with Crippen LogP contribution in [-0.2, 0) is 4.79 Å². The predicted molar refractivity (Wildman–Crippen MR) is 131 cm³/mol. The van der Waals surface area contributed by atoms with E-state index in [4.69, 9.17) is 23.7 Å². The third-order valence-electron chi connectivity index (χ3n) is 6.36. The van der Waals surface area contributed by atoms with Crippen molar-refractivity contribution in [3.63, 3.8) is 0 Å². The van der Waals surface area contributed by atoms with Crippen molar-refractivity contribution < 1.29 is 43.2 Å². The third kappa shape index (κ3) is 4.14. The molecule has 1 N–H and O–H groups in total. The Morgan fingerprint density at radius 2 is 1.59 bits per heavy atom. The quantitative estimate of drug-likeness (QED) is 0.296. The van der Waals surface area contributed by atoms with Gasteiger partial charge in [0.25, 0.3) is 0 Å². The summed E-state index contributed by atoms with van der Waals surface area (Å²) >= 11 is 0. The van der Waals surface area contributed by atoms with Crippen molar-refractivity contribution >= 4 is 23.8 Å². The number of carbonyl (C=O) groups is 3. The average Bonchev–Trinajstić information content (AvgIpc) is 3.22. The number of carboxylic acid groups (broad SMARTS) is 1. The maximum atomic E-state index is 13.3. The number of hydrogen-bond acceptors (Lipinski definition) is 8. The van der Waals surface area contributed by atoms with Crippen molar-refractivity contribution in [3.8, 4) is 28.7 Å². The standard InChI is InChI=1S/C28H22O9/c1-33-20-13-22(35-3)21(34-2)10-16(20)11-23-26(30)17-8-9-19-25(27(17)37-23)18(12-24(29)36-19)14-4-6-15(7-5-14)28(31)32/h4-11,13,18H,12H2,1-3H3,(H,31,32)/b23-11+/t18-/m0/s1. The van der Waals surface area contributed by atoms with Crippen LogP contribution in [0.3, 0.4) is 0 Å². The lowest BCUT2D eigenvalue weighted by molar-refractivity contribution is -0.135. The molecule has 2 aliphatic heterocycles. The van der Waals surface area contributed by atoms with E-state index >= 15 is 0 Å². The van der Waals surface area contributed by atoms with Gasteiger partial charge in [-0.2, -0.15) is 0 Å². The van der Waals surface area contributed by atoms with Crippen LogP contribution in [0, 0.1) is 0 Å². The molecule has 0 aliphatic carbocycles. The molecule has 0 bridgehead atoms. The van der Waals surface area contributed by atoms with Gasteiger partial charge < -0.3 is 28.8 Å². The first-order chi connectivity index (χ1) is 17.8. The molecule has 1 atom stereocenters. The summed E-state index contributed by atoms with van der Waals surface area (Å²) in [6.45, 7) is 0. The van der Waals surface area contributed by atoms with Gasteiger partial charge in [0.15, 0.2) is 17.3 Å². The van der Waals surface area contributed by atoms with Crippen molar-refractivity contribution in [3.05, 3.63) is 82.1 Å². The largest absolute Gasteiger partial charge is 0.496 e. The first-order valence-corrected chi connectivity index (χ1v) is 11.3. The molecule has 2 heterocycles. The molecule has 9 heteroatoms. The first-order valence-electron chi connectivity index (χ1n) is 11.3. The Kier molecular flexibility index (Phi) is 6.04. The molecule has 2 aliphatic rings. The topological polar surface area (TPSA) is 118 Å². The molecule has 0 amide bonds. The SMILES string of the molecule is COc1cc(OC)c(OC)cc1/C=C1/Oc2c(ccc3c2[C@H](c2ccc(C(=O)O)cc2)CC(=O)O3)C1=O. The molecule has 0 fully saturated rings. The maximum absolute atomic E-state index is 13.3. The zero-order valence-electron chi connectivity index (χ0n) is 20.2. The average molecular weight is 502 g/mol. The smallest absolute Gasteiger partial charge is 0.335 e. The summed E-state index contributed by atoms with van der Waals surface area (Å²) in [4.78, 5) is 37.0. The van der Waals surface area contributed by atoms with Gasteiger partial charge in [-0.05, 0) is 42.0 Å². The molecule has 3 aromatic rings. The molecule has 0 aromatic heterocycles. The number of methoxy groups -OCH3 is 3. The van der Waals surface area contributed by atoms with Crippen molar-refractivity contribution in [2.75, 3.05) is 21.3 Å². The lowest BCUT2D eigenvalue weighted by Gasteiger charge is -2.26. The van der Waals surface area contributed by atoms with Gasteiger partial charge in [0, 0.05) is 23.1 Å². The van der Waals surface area contributed by atoms with Crippen LogP contribution < -0.4 is 23.7 Å². The highest BCUT2D eigenvalue weighted by molar-refractivity contribution is 6.15. The minimum absolute atomic E-state index is 0.00989. The Bertz CT molecular complexity index is 1470.